The van der Waals surface area contributed by atoms with Crippen molar-refractivity contribution in [3.8, 4) is 0 Å². The van der Waals surface area contributed by atoms with Crippen molar-refractivity contribution in [1.29, 1.82) is 0 Å². The second-order valence-electron chi connectivity index (χ2n) is 10.6. The molecule has 0 aliphatic carbocycles. The molecule has 2 unspecified atom stereocenters. The van der Waals surface area contributed by atoms with E-state index in [4.69, 9.17) is 5.73 Å². The lowest BCUT2D eigenvalue weighted by molar-refractivity contribution is -0.148. The van der Waals surface area contributed by atoms with Crippen LogP contribution < -0.4 is 21.7 Å². The third-order valence-electron chi connectivity index (χ3n) is 8.03. The Balaban J connectivity index is 0.00000441. The van der Waals surface area contributed by atoms with Crippen LogP contribution in [0.15, 0.2) is 42.5 Å². The Kier molecular flexibility index (Phi) is 10.7. The molecule has 0 spiro atoms. The van der Waals surface area contributed by atoms with E-state index >= 15 is 0 Å². The number of hydrogen-bond donors (Lipinski definition) is 5. The number of amides is 4. The number of likely N-dealkylation sites (tertiary alicyclic amines) is 1. The van der Waals surface area contributed by atoms with Crippen LogP contribution in [0.5, 0.6) is 0 Å². The Morgan fingerprint density at radius 3 is 2.45 bits per heavy atom. The van der Waals surface area contributed by atoms with Crippen LogP contribution in [0.1, 0.15) is 51.5 Å². The van der Waals surface area contributed by atoms with Crippen molar-refractivity contribution in [2.24, 2.45) is 11.7 Å². The quantitative estimate of drug-likeness (QED) is 0.303. The Morgan fingerprint density at radius 1 is 1.10 bits per heavy atom. The van der Waals surface area contributed by atoms with Crippen molar-refractivity contribution in [1.82, 2.24) is 20.9 Å². The molecule has 4 atom stereocenters. The third kappa shape index (κ3) is 6.63. The molecule has 2 heterocycles. The minimum absolute atomic E-state index is 0. The van der Waals surface area contributed by atoms with Crippen LogP contribution in [-0.4, -0.2) is 70.6 Å². The molecule has 2 aromatic carbocycles. The lowest BCUT2D eigenvalue weighted by Gasteiger charge is -2.30. The summed E-state index contributed by atoms with van der Waals surface area (Å²) in [6.45, 7) is 4.73. The summed E-state index contributed by atoms with van der Waals surface area (Å²) in [6, 6.07) is 10.9. The van der Waals surface area contributed by atoms with E-state index in [0.717, 1.165) is 16.3 Å². The van der Waals surface area contributed by atoms with Crippen LogP contribution in [0.4, 0.5) is 0 Å². The van der Waals surface area contributed by atoms with Gasteiger partial charge < -0.3 is 21.1 Å². The van der Waals surface area contributed by atoms with E-state index in [2.05, 4.69) is 16.0 Å². The van der Waals surface area contributed by atoms with Gasteiger partial charge in [-0.05, 0) is 55.0 Å². The van der Waals surface area contributed by atoms with E-state index in [1.807, 2.05) is 56.3 Å². The van der Waals surface area contributed by atoms with Gasteiger partial charge in [-0.3, -0.25) is 29.8 Å². The Hall–Kier alpha value is -3.05. The molecule has 11 heteroatoms. The summed E-state index contributed by atoms with van der Waals surface area (Å²) in [5.74, 6) is -2.36. The average Bonchev–Trinajstić information content (AvgIpc) is 3.56. The normalized spacial score (nSPS) is 23.1. The Labute approximate surface area is 240 Å². The maximum Gasteiger partial charge on any atom is 0.275 e. The minimum atomic E-state index is -2.07. The summed E-state index contributed by atoms with van der Waals surface area (Å²) in [5.41, 5.74) is 4.62. The average molecular weight is 574 g/mol. The van der Waals surface area contributed by atoms with Gasteiger partial charge >= 0.3 is 0 Å². The van der Waals surface area contributed by atoms with Crippen molar-refractivity contribution in [2.75, 3.05) is 13.1 Å². The third-order valence-corrected chi connectivity index (χ3v) is 8.03. The van der Waals surface area contributed by atoms with E-state index in [1.54, 1.807) is 4.90 Å². The maximum absolute atomic E-state index is 13.5. The van der Waals surface area contributed by atoms with E-state index in [1.165, 1.54) is 0 Å². The molecular formula is C29H40ClN5O5. The van der Waals surface area contributed by atoms with Crippen LogP contribution in [0, 0.1) is 5.92 Å². The van der Waals surface area contributed by atoms with Crippen LogP contribution in [-0.2, 0) is 25.6 Å². The molecule has 2 aliphatic heterocycles. The number of halogens is 1. The van der Waals surface area contributed by atoms with Crippen LogP contribution in [0.3, 0.4) is 0 Å². The monoisotopic (exact) mass is 573 g/mol. The second-order valence-corrected chi connectivity index (χ2v) is 10.6. The van der Waals surface area contributed by atoms with Crippen molar-refractivity contribution in [3.63, 3.8) is 0 Å². The highest BCUT2D eigenvalue weighted by Crippen LogP contribution is 2.23. The summed E-state index contributed by atoms with van der Waals surface area (Å²) in [7, 11) is 0. The molecule has 2 saturated heterocycles. The second kappa shape index (κ2) is 13.5. The molecule has 218 valence electrons. The van der Waals surface area contributed by atoms with Gasteiger partial charge in [0.25, 0.3) is 5.91 Å². The number of benzene rings is 2. The molecule has 0 saturated carbocycles. The number of nitrogens with two attached hydrogens (primary N) is 1. The van der Waals surface area contributed by atoms with Crippen molar-refractivity contribution in [2.45, 2.75) is 76.2 Å². The zero-order chi connectivity index (χ0) is 28.2. The van der Waals surface area contributed by atoms with Gasteiger partial charge in [-0.15, -0.1) is 12.4 Å². The maximum atomic E-state index is 13.5. The first-order valence-corrected chi connectivity index (χ1v) is 13.8. The van der Waals surface area contributed by atoms with E-state index in [0.29, 0.717) is 45.2 Å². The lowest BCUT2D eigenvalue weighted by Crippen LogP contribution is -2.64. The van der Waals surface area contributed by atoms with Gasteiger partial charge in [0.1, 0.15) is 12.1 Å². The van der Waals surface area contributed by atoms with Crippen LogP contribution in [0.25, 0.3) is 10.8 Å². The first-order valence-electron chi connectivity index (χ1n) is 13.8. The lowest BCUT2D eigenvalue weighted by atomic mass is 9.99. The fourth-order valence-electron chi connectivity index (χ4n) is 5.56. The number of hydrogen-bond acceptors (Lipinski definition) is 7. The van der Waals surface area contributed by atoms with Crippen LogP contribution in [0.2, 0.25) is 0 Å². The van der Waals surface area contributed by atoms with Gasteiger partial charge in [-0.1, -0.05) is 56.3 Å². The molecule has 6 N–H and O–H groups in total. The molecule has 4 amide bonds. The molecule has 0 bridgehead atoms. The summed E-state index contributed by atoms with van der Waals surface area (Å²) >= 11 is 0. The molecule has 10 nitrogen and oxygen atoms in total. The van der Waals surface area contributed by atoms with Gasteiger partial charge in [-0.25, -0.2) is 0 Å². The highest BCUT2D eigenvalue weighted by Gasteiger charge is 2.47. The number of imide groups is 1. The molecule has 0 aromatic heterocycles. The van der Waals surface area contributed by atoms with E-state index in [9.17, 15) is 24.3 Å². The highest BCUT2D eigenvalue weighted by atomic mass is 35.5. The topological polar surface area (TPSA) is 154 Å². The minimum Gasteiger partial charge on any atom is -0.366 e. The number of carbonyl (C=O) groups is 4. The Morgan fingerprint density at radius 2 is 1.80 bits per heavy atom. The van der Waals surface area contributed by atoms with Gasteiger partial charge in [0.2, 0.25) is 23.4 Å². The first-order chi connectivity index (χ1) is 18.7. The summed E-state index contributed by atoms with van der Waals surface area (Å²) < 4.78 is 0. The smallest absolute Gasteiger partial charge is 0.275 e. The summed E-state index contributed by atoms with van der Waals surface area (Å²) in [5, 5.41) is 20.4. The molecule has 2 aliphatic rings. The molecule has 4 rings (SSSR count). The van der Waals surface area contributed by atoms with E-state index < -0.39 is 41.6 Å². The van der Waals surface area contributed by atoms with Gasteiger partial charge in [0, 0.05) is 18.9 Å². The fourth-order valence-corrected chi connectivity index (χ4v) is 5.56. The van der Waals surface area contributed by atoms with Crippen molar-refractivity contribution < 1.29 is 24.3 Å². The highest BCUT2D eigenvalue weighted by molar-refractivity contribution is 6.03. The Bertz CT molecular complexity index is 1240. The largest absolute Gasteiger partial charge is 0.366 e. The number of aliphatic hydroxyl groups is 1. The number of fused-ring (bicyclic) bond motifs is 1. The van der Waals surface area contributed by atoms with Gasteiger partial charge in [0.05, 0.1) is 6.04 Å². The predicted molar refractivity (Wildman–Crippen MR) is 154 cm³/mol. The standard InChI is InChI=1S/C29H39N5O5.ClH/c1-3-19(4-2)27(37)34-15-7-10-23(34)26(36)32-22(17-18-11-12-20-8-5-6-9-21(20)16-18)25(35)33-28(38)29(39)24(30)13-14-31-29;/h5-6,8-9,11-12,16,19,22-24,31,39H,3-4,7,10,13-15,17,30H2,1-2H3,(H,32,36)(H,33,35,38);1H/t22-,23?,24?,29+;/m1./s1. The molecule has 0 radical (unpaired) electrons. The SMILES string of the molecule is CCC(CC)C(=O)N1CCCC1C(=O)N[C@H](Cc1ccc2ccccc2c1)C(=O)NC(=O)[C@]1(O)NCCC1N.Cl. The number of nitrogens with zero attached hydrogens (tertiary/aromatic N) is 1. The predicted octanol–water partition coefficient (Wildman–Crippen LogP) is 1.37. The summed E-state index contributed by atoms with van der Waals surface area (Å²) in [4.78, 5) is 54.4. The number of carbonyl (C=O) groups excluding carboxylic acids is 4. The van der Waals surface area contributed by atoms with E-state index in [-0.39, 0.29) is 30.7 Å². The molecule has 2 aromatic rings. The number of nitrogens with one attached hydrogen (secondary N) is 3. The molecule has 40 heavy (non-hydrogen) atoms. The van der Waals surface area contributed by atoms with Crippen LogP contribution >= 0.6 is 12.4 Å². The number of rotatable bonds is 9. The molecule has 2 fully saturated rings. The van der Waals surface area contributed by atoms with Crippen molar-refractivity contribution in [3.05, 3.63) is 48.0 Å². The first kappa shape index (κ1) is 31.5. The van der Waals surface area contributed by atoms with Crippen molar-refractivity contribution >= 4 is 46.8 Å². The summed E-state index contributed by atoms with van der Waals surface area (Å²) in [6.07, 6.45) is 3.06. The van der Waals surface area contributed by atoms with Gasteiger partial charge in [0.15, 0.2) is 0 Å². The molecular weight excluding hydrogens is 534 g/mol. The fraction of sp³-hybridized carbons (Fsp3) is 0.517. The van der Waals surface area contributed by atoms with Gasteiger partial charge in [-0.2, -0.15) is 0 Å². The zero-order valence-corrected chi connectivity index (χ0v) is 23.8. The zero-order valence-electron chi connectivity index (χ0n) is 23.0.